The molecule has 1 fully saturated rings. The molecule has 0 spiro atoms. The normalized spacial score (nSPS) is 14.5. The quantitative estimate of drug-likeness (QED) is 0.646. The molecule has 1 aromatic rings. The molecule has 0 aliphatic carbocycles. The van der Waals surface area contributed by atoms with E-state index in [1.165, 1.54) is 0 Å². The molecular formula is C18H30ClN3O3S. The van der Waals surface area contributed by atoms with Crippen molar-refractivity contribution in [3.8, 4) is 0 Å². The van der Waals surface area contributed by atoms with Gasteiger partial charge in [0.25, 0.3) is 0 Å². The molecule has 148 valence electrons. The van der Waals surface area contributed by atoms with Gasteiger partial charge in [-0.05, 0) is 62.4 Å². The van der Waals surface area contributed by atoms with Gasteiger partial charge in [-0.25, -0.2) is 13.1 Å². The third kappa shape index (κ3) is 4.97. The molecule has 0 atom stereocenters. The van der Waals surface area contributed by atoms with Crippen molar-refractivity contribution in [1.29, 1.82) is 0 Å². The smallest absolute Gasteiger partial charge is 0.241 e. The van der Waals surface area contributed by atoms with E-state index in [0.29, 0.717) is 17.4 Å². The second-order valence-corrected chi connectivity index (χ2v) is 8.63. The van der Waals surface area contributed by atoms with Crippen LogP contribution in [0, 0.1) is 40.5 Å². The van der Waals surface area contributed by atoms with Crippen molar-refractivity contribution >= 4 is 28.3 Å². The SMILES string of the molecule is Cc1c(C)c(C)c(S(=O)(=O)NCCC(=O)NCC2CNC2)c(C)c1C.Cl. The summed E-state index contributed by atoms with van der Waals surface area (Å²) in [6, 6.07) is 0. The van der Waals surface area contributed by atoms with Gasteiger partial charge in [0.15, 0.2) is 0 Å². The highest BCUT2D eigenvalue weighted by atomic mass is 35.5. The summed E-state index contributed by atoms with van der Waals surface area (Å²) in [6.07, 6.45) is 0.140. The Morgan fingerprint density at radius 2 is 1.50 bits per heavy atom. The molecule has 2 rings (SSSR count). The largest absolute Gasteiger partial charge is 0.356 e. The molecule has 1 amide bonds. The lowest BCUT2D eigenvalue weighted by Crippen LogP contribution is -2.48. The molecule has 3 N–H and O–H groups in total. The number of rotatable bonds is 7. The summed E-state index contributed by atoms with van der Waals surface area (Å²) in [5.41, 5.74) is 4.66. The molecule has 0 bridgehead atoms. The molecule has 0 unspecified atom stereocenters. The predicted molar refractivity (Wildman–Crippen MR) is 107 cm³/mol. The number of sulfonamides is 1. The number of carbonyl (C=O) groups excluding carboxylic acids is 1. The topological polar surface area (TPSA) is 87.3 Å². The second kappa shape index (κ2) is 9.17. The molecule has 1 aliphatic rings. The van der Waals surface area contributed by atoms with Crippen molar-refractivity contribution in [1.82, 2.24) is 15.4 Å². The summed E-state index contributed by atoms with van der Waals surface area (Å²) in [6.45, 7) is 12.2. The Balaban J connectivity index is 0.00000338. The van der Waals surface area contributed by atoms with Crippen molar-refractivity contribution in [3.05, 3.63) is 27.8 Å². The van der Waals surface area contributed by atoms with Crippen LogP contribution in [0.3, 0.4) is 0 Å². The van der Waals surface area contributed by atoms with Crippen LogP contribution in [-0.4, -0.2) is 40.5 Å². The first-order valence-electron chi connectivity index (χ1n) is 8.69. The van der Waals surface area contributed by atoms with Crippen LogP contribution < -0.4 is 15.4 Å². The Morgan fingerprint density at radius 3 is 1.96 bits per heavy atom. The molecule has 0 radical (unpaired) electrons. The predicted octanol–water partition coefficient (Wildman–Crippen LogP) is 1.65. The number of carbonyl (C=O) groups is 1. The van der Waals surface area contributed by atoms with Gasteiger partial charge in [-0.15, -0.1) is 12.4 Å². The average Bonchev–Trinajstić information content (AvgIpc) is 2.49. The van der Waals surface area contributed by atoms with Gasteiger partial charge >= 0.3 is 0 Å². The van der Waals surface area contributed by atoms with E-state index in [1.54, 1.807) is 0 Å². The lowest BCUT2D eigenvalue weighted by molar-refractivity contribution is -0.121. The Hall–Kier alpha value is -1.15. The maximum Gasteiger partial charge on any atom is 0.241 e. The third-order valence-electron chi connectivity index (χ3n) is 5.30. The van der Waals surface area contributed by atoms with Crippen LogP contribution in [0.25, 0.3) is 0 Å². The summed E-state index contributed by atoms with van der Waals surface area (Å²) >= 11 is 0. The maximum atomic E-state index is 12.7. The minimum Gasteiger partial charge on any atom is -0.356 e. The van der Waals surface area contributed by atoms with Gasteiger partial charge in [0.1, 0.15) is 0 Å². The van der Waals surface area contributed by atoms with Gasteiger partial charge in [-0.1, -0.05) is 0 Å². The number of amides is 1. The molecule has 8 heteroatoms. The van der Waals surface area contributed by atoms with E-state index in [-0.39, 0.29) is 31.3 Å². The highest BCUT2D eigenvalue weighted by molar-refractivity contribution is 7.89. The molecule has 0 aromatic heterocycles. The molecule has 1 saturated heterocycles. The second-order valence-electron chi connectivity index (χ2n) is 6.93. The lowest BCUT2D eigenvalue weighted by Gasteiger charge is -2.27. The highest BCUT2D eigenvalue weighted by Gasteiger charge is 2.23. The summed E-state index contributed by atoms with van der Waals surface area (Å²) in [5.74, 6) is 0.365. The lowest BCUT2D eigenvalue weighted by atomic mass is 9.95. The third-order valence-corrected chi connectivity index (χ3v) is 7.03. The monoisotopic (exact) mass is 403 g/mol. The molecule has 26 heavy (non-hydrogen) atoms. The molecule has 1 aliphatic heterocycles. The van der Waals surface area contributed by atoms with Crippen LogP contribution in [0.2, 0.25) is 0 Å². The van der Waals surface area contributed by atoms with Gasteiger partial charge in [0, 0.05) is 38.5 Å². The zero-order chi connectivity index (χ0) is 18.8. The van der Waals surface area contributed by atoms with Crippen molar-refractivity contribution in [3.63, 3.8) is 0 Å². The van der Waals surface area contributed by atoms with Crippen LogP contribution >= 0.6 is 12.4 Å². The minimum atomic E-state index is -3.64. The van der Waals surface area contributed by atoms with Gasteiger partial charge in [-0.3, -0.25) is 4.79 Å². The fraction of sp³-hybridized carbons (Fsp3) is 0.611. The van der Waals surface area contributed by atoms with E-state index in [1.807, 2.05) is 34.6 Å². The molecule has 1 aromatic carbocycles. The Labute approximate surface area is 163 Å². The summed E-state index contributed by atoms with van der Waals surface area (Å²) in [5, 5.41) is 5.99. The number of hydrogen-bond acceptors (Lipinski definition) is 4. The maximum absolute atomic E-state index is 12.7. The summed E-state index contributed by atoms with van der Waals surface area (Å²) in [7, 11) is -3.64. The number of nitrogens with one attached hydrogen (secondary N) is 3. The highest BCUT2D eigenvalue weighted by Crippen LogP contribution is 2.29. The first kappa shape index (κ1) is 22.9. The summed E-state index contributed by atoms with van der Waals surface area (Å²) < 4.78 is 28.1. The first-order chi connectivity index (χ1) is 11.6. The van der Waals surface area contributed by atoms with E-state index in [0.717, 1.165) is 40.9 Å². The Kier molecular flexibility index (Phi) is 8.07. The van der Waals surface area contributed by atoms with Gasteiger partial charge in [0.05, 0.1) is 4.90 Å². The zero-order valence-corrected chi connectivity index (χ0v) is 17.8. The number of benzene rings is 1. The van der Waals surface area contributed by atoms with Crippen LogP contribution in [0.5, 0.6) is 0 Å². The van der Waals surface area contributed by atoms with E-state index < -0.39 is 10.0 Å². The summed E-state index contributed by atoms with van der Waals surface area (Å²) in [4.78, 5) is 12.2. The van der Waals surface area contributed by atoms with Crippen LogP contribution in [0.15, 0.2) is 4.90 Å². The van der Waals surface area contributed by atoms with Crippen LogP contribution in [0.1, 0.15) is 34.2 Å². The number of halogens is 1. The van der Waals surface area contributed by atoms with E-state index in [9.17, 15) is 13.2 Å². The van der Waals surface area contributed by atoms with E-state index in [2.05, 4.69) is 15.4 Å². The van der Waals surface area contributed by atoms with Crippen molar-refractivity contribution in [2.24, 2.45) is 5.92 Å². The zero-order valence-electron chi connectivity index (χ0n) is 16.2. The fourth-order valence-corrected chi connectivity index (χ4v) is 4.71. The van der Waals surface area contributed by atoms with Gasteiger partial charge in [-0.2, -0.15) is 0 Å². The molecule has 6 nitrogen and oxygen atoms in total. The standard InChI is InChI=1S/C18H29N3O3S.ClH/c1-11-12(2)14(4)18(15(5)13(11)3)25(23,24)21-7-6-17(22)20-10-16-8-19-9-16;/h16,19,21H,6-10H2,1-5H3,(H,20,22);1H. The van der Waals surface area contributed by atoms with Gasteiger partial charge in [0.2, 0.25) is 15.9 Å². The van der Waals surface area contributed by atoms with Crippen molar-refractivity contribution in [2.45, 2.75) is 45.9 Å². The Bertz CT molecular complexity index is 745. The van der Waals surface area contributed by atoms with E-state index >= 15 is 0 Å². The van der Waals surface area contributed by atoms with Crippen molar-refractivity contribution < 1.29 is 13.2 Å². The Morgan fingerprint density at radius 1 is 1.00 bits per heavy atom. The molecule has 1 heterocycles. The minimum absolute atomic E-state index is 0. The molecule has 0 saturated carbocycles. The van der Waals surface area contributed by atoms with Crippen LogP contribution in [-0.2, 0) is 14.8 Å². The van der Waals surface area contributed by atoms with Crippen molar-refractivity contribution in [2.75, 3.05) is 26.2 Å². The first-order valence-corrected chi connectivity index (χ1v) is 10.2. The average molecular weight is 404 g/mol. The van der Waals surface area contributed by atoms with Crippen LogP contribution in [0.4, 0.5) is 0 Å². The molecular weight excluding hydrogens is 374 g/mol. The number of hydrogen-bond donors (Lipinski definition) is 3. The van der Waals surface area contributed by atoms with E-state index in [4.69, 9.17) is 0 Å². The van der Waals surface area contributed by atoms with Gasteiger partial charge < -0.3 is 10.6 Å². The fourth-order valence-electron chi connectivity index (χ4n) is 3.08.